The molecule has 8 nitrogen and oxygen atoms in total. The molecule has 0 radical (unpaired) electrons. The van der Waals surface area contributed by atoms with Crippen molar-refractivity contribution in [1.29, 1.82) is 0 Å². The number of aromatic nitrogens is 1. The van der Waals surface area contributed by atoms with E-state index in [0.717, 1.165) is 4.90 Å². The van der Waals surface area contributed by atoms with Gasteiger partial charge in [-0.3, -0.25) is 19.4 Å². The van der Waals surface area contributed by atoms with Crippen LogP contribution < -0.4 is 4.57 Å². The third-order valence-corrected chi connectivity index (χ3v) is 4.65. The smallest absolute Gasteiger partial charge is 0.389 e. The van der Waals surface area contributed by atoms with E-state index in [-0.39, 0.29) is 23.8 Å². The van der Waals surface area contributed by atoms with E-state index in [4.69, 9.17) is 4.42 Å². The van der Waals surface area contributed by atoms with Crippen LogP contribution in [0.15, 0.2) is 15.6 Å². The number of fused-ring (bicyclic) bond motifs is 3. The van der Waals surface area contributed by atoms with Crippen LogP contribution in [0.3, 0.4) is 0 Å². The van der Waals surface area contributed by atoms with Gasteiger partial charge in [0.15, 0.2) is 11.5 Å². The number of amidine groups is 1. The predicted octanol–water partition coefficient (Wildman–Crippen LogP) is 1.96. The summed E-state index contributed by atoms with van der Waals surface area (Å²) in [7, 11) is 1.55. The van der Waals surface area contributed by atoms with Crippen LogP contribution in [-0.2, 0) is 15.0 Å². The van der Waals surface area contributed by atoms with Crippen LogP contribution in [0.25, 0.3) is 0 Å². The number of Topliss-reactive ketones (excluding diaryl/α,β-unsaturated/α-hetero) is 1. The van der Waals surface area contributed by atoms with Crippen LogP contribution in [0.4, 0.5) is 10.8 Å². The van der Waals surface area contributed by atoms with Crippen molar-refractivity contribution in [1.82, 2.24) is 9.80 Å². The fourth-order valence-electron chi connectivity index (χ4n) is 2.79. The maximum atomic E-state index is 13.0. The molecule has 2 aliphatic rings. The Hall–Kier alpha value is -2.51. The highest BCUT2D eigenvalue weighted by molar-refractivity contribution is 6.19. The summed E-state index contributed by atoms with van der Waals surface area (Å²) in [5.41, 5.74) is -0.884. The number of oxazole rings is 1. The number of ketones is 1. The highest BCUT2D eigenvalue weighted by Crippen LogP contribution is 2.32. The van der Waals surface area contributed by atoms with E-state index in [1.54, 1.807) is 38.6 Å². The minimum atomic E-state index is -0.791. The van der Waals surface area contributed by atoms with E-state index in [1.807, 2.05) is 20.8 Å². The Bertz CT molecular complexity index is 838. The molecule has 1 atom stereocenters. The zero-order valence-corrected chi connectivity index (χ0v) is 16.3. The van der Waals surface area contributed by atoms with E-state index in [1.165, 1.54) is 4.90 Å². The van der Waals surface area contributed by atoms with Gasteiger partial charge < -0.3 is 4.42 Å². The normalized spacial score (nSPS) is 20.3. The zero-order valence-electron chi connectivity index (χ0n) is 16.3. The quantitative estimate of drug-likeness (QED) is 0.754. The monoisotopic (exact) mass is 361 g/mol. The Morgan fingerprint density at radius 1 is 1.23 bits per heavy atom. The number of hydrogen-bond donors (Lipinski definition) is 0. The van der Waals surface area contributed by atoms with Crippen LogP contribution >= 0.6 is 0 Å². The molecule has 1 aromatic heterocycles. The molecule has 8 heteroatoms. The number of imide groups is 1. The number of hydrogen-bond acceptors (Lipinski definition) is 5. The molecule has 140 valence electrons. The van der Waals surface area contributed by atoms with Gasteiger partial charge in [0.25, 0.3) is 17.8 Å². The summed E-state index contributed by atoms with van der Waals surface area (Å²) in [6.07, 6.45) is 1.75. The van der Waals surface area contributed by atoms with Gasteiger partial charge in [-0.15, -0.1) is 0 Å². The molecule has 3 rings (SSSR count). The molecule has 1 saturated heterocycles. The molecule has 0 bridgehead atoms. The number of carbonyl (C=O) groups is 3. The largest absolute Gasteiger partial charge is 0.506 e. The third-order valence-electron chi connectivity index (χ3n) is 4.65. The van der Waals surface area contributed by atoms with Crippen molar-refractivity contribution < 1.29 is 23.4 Å². The molecular weight excluding hydrogens is 336 g/mol. The summed E-state index contributed by atoms with van der Waals surface area (Å²) < 4.78 is 7.42. The molecule has 0 aromatic carbocycles. The molecule has 0 N–H and O–H groups in total. The first-order chi connectivity index (χ1) is 11.8. The maximum Gasteiger partial charge on any atom is 0.506 e. The Balaban J connectivity index is 1.99. The second-order valence-electron chi connectivity index (χ2n) is 8.85. The topological polar surface area (TPSA) is 87.1 Å². The number of aliphatic imine (C=N–C) groups is 1. The molecule has 0 aliphatic carbocycles. The highest BCUT2D eigenvalue weighted by Gasteiger charge is 2.56. The summed E-state index contributed by atoms with van der Waals surface area (Å²) >= 11 is 0. The van der Waals surface area contributed by atoms with Crippen LogP contribution in [0.1, 0.15) is 53.3 Å². The minimum Gasteiger partial charge on any atom is -0.389 e. The number of urea groups is 1. The molecular formula is C18H25N4O4+. The van der Waals surface area contributed by atoms with Gasteiger partial charge in [0.05, 0.1) is 6.54 Å². The van der Waals surface area contributed by atoms with Gasteiger partial charge in [0.2, 0.25) is 0 Å². The Labute approximate surface area is 152 Å². The number of likely N-dealkylation sites (N-methyl/N-ethyl adjacent to an activating group) is 1. The first-order valence-corrected chi connectivity index (χ1v) is 8.59. The van der Waals surface area contributed by atoms with Crippen LogP contribution in [0.5, 0.6) is 0 Å². The maximum absolute atomic E-state index is 13.0. The summed E-state index contributed by atoms with van der Waals surface area (Å²) in [4.78, 5) is 44.7. The highest BCUT2D eigenvalue weighted by atomic mass is 16.4. The van der Waals surface area contributed by atoms with Gasteiger partial charge in [0, 0.05) is 22.9 Å². The van der Waals surface area contributed by atoms with Crippen molar-refractivity contribution in [2.75, 3.05) is 13.6 Å². The van der Waals surface area contributed by atoms with E-state index in [2.05, 4.69) is 4.99 Å². The fraction of sp³-hybridized carbons (Fsp3) is 0.611. The third kappa shape index (κ3) is 2.73. The predicted molar refractivity (Wildman–Crippen MR) is 93.1 cm³/mol. The van der Waals surface area contributed by atoms with Crippen molar-refractivity contribution in [3.63, 3.8) is 0 Å². The molecule has 3 amide bonds. The van der Waals surface area contributed by atoms with Crippen molar-refractivity contribution in [3.8, 4) is 0 Å². The van der Waals surface area contributed by atoms with Gasteiger partial charge in [0.1, 0.15) is 6.20 Å². The summed E-state index contributed by atoms with van der Waals surface area (Å²) in [6, 6.07) is -1.06. The van der Waals surface area contributed by atoms with Crippen molar-refractivity contribution in [2.45, 2.75) is 53.0 Å². The van der Waals surface area contributed by atoms with E-state index in [9.17, 15) is 14.4 Å². The van der Waals surface area contributed by atoms with Crippen molar-refractivity contribution >= 4 is 29.6 Å². The van der Waals surface area contributed by atoms with Crippen molar-refractivity contribution in [3.05, 3.63) is 12.0 Å². The molecule has 1 fully saturated rings. The van der Waals surface area contributed by atoms with Gasteiger partial charge in [-0.1, -0.05) is 41.5 Å². The first kappa shape index (κ1) is 18.3. The van der Waals surface area contributed by atoms with Gasteiger partial charge >= 0.3 is 12.0 Å². The van der Waals surface area contributed by atoms with Crippen LogP contribution in [-0.4, -0.2) is 46.9 Å². The molecule has 0 spiro atoms. The SMILES string of the molecule is CN1C(=O)N(CC(=O)C(C)(C)C)C(=O)C2C1=Nc1oc(C(C)(C)C)c[n+]12. The number of amides is 3. The lowest BCUT2D eigenvalue weighted by Gasteiger charge is -2.32. The fourth-order valence-corrected chi connectivity index (χ4v) is 2.79. The van der Waals surface area contributed by atoms with Crippen molar-refractivity contribution in [2.24, 2.45) is 10.4 Å². The lowest BCUT2D eigenvalue weighted by Crippen LogP contribution is -2.63. The van der Waals surface area contributed by atoms with Gasteiger partial charge in [-0.2, -0.15) is 4.57 Å². The lowest BCUT2D eigenvalue weighted by molar-refractivity contribution is -0.679. The molecule has 1 aromatic rings. The van der Waals surface area contributed by atoms with E-state index in [0.29, 0.717) is 11.6 Å². The molecule has 26 heavy (non-hydrogen) atoms. The van der Waals surface area contributed by atoms with Gasteiger partial charge in [-0.25, -0.2) is 4.79 Å². The van der Waals surface area contributed by atoms with Crippen LogP contribution in [0.2, 0.25) is 0 Å². The summed E-state index contributed by atoms with van der Waals surface area (Å²) in [6.45, 7) is 11.0. The standard InChI is InChI=1S/C18H25N4O4/c1-17(2,3)10(23)8-22-14(24)12-13(20(7)16(22)25)19-15-21(12)9-11(26-15)18(4,5)6/h9,12H,8H2,1-7H3/q+1. The molecule has 3 heterocycles. The Morgan fingerprint density at radius 3 is 2.38 bits per heavy atom. The second kappa shape index (κ2) is 5.49. The average molecular weight is 361 g/mol. The lowest BCUT2D eigenvalue weighted by atomic mass is 9.90. The zero-order chi connectivity index (χ0) is 19.6. The second-order valence-corrected chi connectivity index (χ2v) is 8.85. The summed E-state index contributed by atoms with van der Waals surface area (Å²) in [5, 5.41) is 0. The molecule has 2 aliphatic heterocycles. The van der Waals surface area contributed by atoms with E-state index < -0.39 is 23.4 Å². The Morgan fingerprint density at radius 2 is 1.85 bits per heavy atom. The Kier molecular flexibility index (Phi) is 3.86. The van der Waals surface area contributed by atoms with Crippen LogP contribution in [0, 0.1) is 5.41 Å². The average Bonchev–Trinajstić information content (AvgIpc) is 3.05. The van der Waals surface area contributed by atoms with E-state index >= 15 is 0 Å². The first-order valence-electron chi connectivity index (χ1n) is 8.59. The molecule has 0 saturated carbocycles. The summed E-state index contributed by atoms with van der Waals surface area (Å²) in [5.74, 6) is 0.367. The molecule has 1 unspecified atom stereocenters. The number of carbonyl (C=O) groups excluding carboxylic acids is 3. The van der Waals surface area contributed by atoms with Gasteiger partial charge in [-0.05, 0) is 0 Å². The number of nitrogens with zero attached hydrogens (tertiary/aromatic N) is 4. The minimum absolute atomic E-state index is 0.182. The number of rotatable bonds is 2.